The zero-order chi connectivity index (χ0) is 28.7. The number of benzene rings is 1. The topological polar surface area (TPSA) is 176 Å². The fraction of sp³-hybridized carbons (Fsp3) is 0.538. The second-order valence-electron chi connectivity index (χ2n) is 11.0. The number of anilines is 1. The molecule has 4 rings (SSSR count). The summed E-state index contributed by atoms with van der Waals surface area (Å²) in [5.41, 5.74) is 7.62. The van der Waals surface area contributed by atoms with Gasteiger partial charge in [-0.2, -0.15) is 0 Å². The number of aliphatic hydroxyl groups excluding tert-OH is 2. The normalized spacial score (nSPS) is 23.7. The number of hydrogen-bond acceptors (Lipinski definition) is 11. The molecule has 0 aliphatic carbocycles. The quantitative estimate of drug-likeness (QED) is 0.229. The van der Waals surface area contributed by atoms with E-state index in [0.717, 1.165) is 0 Å². The first kappa shape index (κ1) is 28.6. The summed E-state index contributed by atoms with van der Waals surface area (Å²) in [5.74, 6) is 0.114. The molecule has 2 unspecified atom stereocenters. The van der Waals surface area contributed by atoms with Crippen molar-refractivity contribution in [2.45, 2.75) is 65.1 Å². The zero-order valence-corrected chi connectivity index (χ0v) is 23.0. The smallest absolute Gasteiger partial charge is 0.275 e. The third-order valence-electron chi connectivity index (χ3n) is 6.79. The Morgan fingerprint density at radius 3 is 2.64 bits per heavy atom. The molecular weight excluding hydrogens is 510 g/mol. The van der Waals surface area contributed by atoms with Gasteiger partial charge in [0.1, 0.15) is 35.9 Å². The molecule has 0 amide bonds. The molecule has 39 heavy (non-hydrogen) atoms. The van der Waals surface area contributed by atoms with Crippen LogP contribution in [0.5, 0.6) is 5.75 Å². The third kappa shape index (κ3) is 5.68. The van der Waals surface area contributed by atoms with Crippen LogP contribution in [0.1, 0.15) is 69.4 Å². The number of aromatic nitrogens is 1. The summed E-state index contributed by atoms with van der Waals surface area (Å²) in [6, 6.07) is 4.60. The minimum Gasteiger partial charge on any atom is -0.508 e. The van der Waals surface area contributed by atoms with Gasteiger partial charge in [0.15, 0.2) is 12.0 Å². The van der Waals surface area contributed by atoms with E-state index in [0.29, 0.717) is 28.3 Å². The highest BCUT2D eigenvalue weighted by atomic mass is 16.6. The Kier molecular flexibility index (Phi) is 7.83. The van der Waals surface area contributed by atoms with Crippen LogP contribution in [-0.4, -0.2) is 46.3 Å². The van der Waals surface area contributed by atoms with Crippen LogP contribution in [0.4, 0.5) is 11.5 Å². The maximum absolute atomic E-state index is 11.9. The Bertz CT molecular complexity index is 1270. The number of ether oxygens (including phenoxy) is 4. The molecule has 0 fully saturated rings. The zero-order valence-electron chi connectivity index (χ0n) is 23.0. The lowest BCUT2D eigenvalue weighted by molar-refractivity contribution is -0.386. The van der Waals surface area contributed by atoms with Gasteiger partial charge in [-0.25, -0.2) is 0 Å². The van der Waals surface area contributed by atoms with E-state index < -0.39 is 41.3 Å². The van der Waals surface area contributed by atoms with E-state index in [9.17, 15) is 20.3 Å². The van der Waals surface area contributed by atoms with Crippen LogP contribution >= 0.6 is 0 Å². The van der Waals surface area contributed by atoms with Crippen LogP contribution in [0.25, 0.3) is 0 Å². The Hall–Kier alpha value is -3.36. The van der Waals surface area contributed by atoms with E-state index in [1.807, 2.05) is 27.0 Å². The maximum atomic E-state index is 11.9. The van der Waals surface area contributed by atoms with E-state index in [1.165, 1.54) is 13.2 Å². The second kappa shape index (κ2) is 10.7. The Morgan fingerprint density at radius 1 is 1.36 bits per heavy atom. The minimum absolute atomic E-state index is 0.0337. The van der Waals surface area contributed by atoms with Gasteiger partial charge in [0, 0.05) is 30.5 Å². The molecule has 13 heteroatoms. The van der Waals surface area contributed by atoms with Crippen LogP contribution < -0.4 is 21.1 Å². The monoisotopic (exact) mass is 547 g/mol. The number of nitrogens with one attached hydrogen (secondary N) is 2. The summed E-state index contributed by atoms with van der Waals surface area (Å²) < 4.78 is 25.1. The van der Waals surface area contributed by atoms with E-state index in [1.54, 1.807) is 30.7 Å². The van der Waals surface area contributed by atoms with Crippen LogP contribution in [0.3, 0.4) is 0 Å². The highest BCUT2D eigenvalue weighted by molar-refractivity contribution is 5.56. The first-order valence-corrected chi connectivity index (χ1v) is 12.5. The number of hydrogen-bond donors (Lipinski definition) is 5. The fourth-order valence-corrected chi connectivity index (χ4v) is 5.02. The first-order valence-electron chi connectivity index (χ1n) is 12.5. The van der Waals surface area contributed by atoms with Crippen LogP contribution in [-0.2, 0) is 20.8 Å². The molecule has 1 aromatic carbocycles. The summed E-state index contributed by atoms with van der Waals surface area (Å²) in [7, 11) is 3.05. The highest BCUT2D eigenvalue weighted by Crippen LogP contribution is 2.45. The Morgan fingerprint density at radius 2 is 2.08 bits per heavy atom. The number of rotatable bonds is 9. The third-order valence-corrected chi connectivity index (χ3v) is 6.79. The molecule has 0 bridgehead atoms. The molecule has 0 radical (unpaired) electrons. The molecule has 4 atom stereocenters. The van der Waals surface area contributed by atoms with Crippen molar-refractivity contribution in [2.24, 2.45) is 11.1 Å². The summed E-state index contributed by atoms with van der Waals surface area (Å²) in [6.45, 7) is 7.21. The van der Waals surface area contributed by atoms with Crippen molar-refractivity contribution in [1.82, 2.24) is 9.88 Å². The lowest BCUT2D eigenvalue weighted by Crippen LogP contribution is -2.61. The van der Waals surface area contributed by atoms with Crippen molar-refractivity contribution < 1.29 is 34.1 Å². The fourth-order valence-electron chi connectivity index (χ4n) is 5.02. The number of nitrogens with two attached hydrogens (primary N) is 1. The molecular formula is C26H37N5O8. The Balaban J connectivity index is 1.75. The first-order chi connectivity index (χ1) is 18.3. The van der Waals surface area contributed by atoms with Gasteiger partial charge in [0.05, 0.1) is 36.7 Å². The predicted octanol–water partition coefficient (Wildman–Crippen LogP) is 3.68. The number of nitro groups is 1. The molecule has 2 aliphatic heterocycles. The molecule has 0 saturated heterocycles. The van der Waals surface area contributed by atoms with Crippen molar-refractivity contribution in [3.8, 4) is 5.75 Å². The van der Waals surface area contributed by atoms with E-state index >= 15 is 0 Å². The van der Waals surface area contributed by atoms with Crippen LogP contribution in [0, 0.1) is 15.5 Å². The van der Waals surface area contributed by atoms with Gasteiger partial charge >= 0.3 is 0 Å². The lowest BCUT2D eigenvalue weighted by atomic mass is 9.83. The van der Waals surface area contributed by atoms with E-state index in [-0.39, 0.29) is 30.2 Å². The average molecular weight is 548 g/mol. The molecule has 0 spiro atoms. The van der Waals surface area contributed by atoms with Crippen LogP contribution in [0.2, 0.25) is 0 Å². The molecule has 2 aliphatic rings. The van der Waals surface area contributed by atoms with Gasteiger partial charge in [-0.1, -0.05) is 20.8 Å². The van der Waals surface area contributed by atoms with Crippen molar-refractivity contribution >= 4 is 11.5 Å². The highest BCUT2D eigenvalue weighted by Gasteiger charge is 2.40. The molecule has 0 saturated carbocycles. The number of aliphatic hydroxyl groups is 2. The largest absolute Gasteiger partial charge is 0.508 e. The maximum Gasteiger partial charge on any atom is 0.275 e. The second-order valence-corrected chi connectivity index (χ2v) is 11.0. The minimum atomic E-state index is -1.04. The number of methoxy groups -OCH3 is 2. The van der Waals surface area contributed by atoms with Gasteiger partial charge in [0.25, 0.3) is 5.69 Å². The molecule has 3 heterocycles. The van der Waals surface area contributed by atoms with Crippen LogP contribution in [0.15, 0.2) is 35.9 Å². The van der Waals surface area contributed by atoms with Gasteiger partial charge < -0.3 is 34.5 Å². The molecule has 13 nitrogen and oxygen atoms in total. The SMILES string of the molecule is COc1ccc([N+](=O)[O-])c([C@@H](OCc2cn([C@H]3CC(O)=C(CO)O3)c3c2C(OC)NC(C)(N)N3)C(C)(C)C)c1. The van der Waals surface area contributed by atoms with Gasteiger partial charge in [-0.3, -0.25) is 25.7 Å². The molecule has 214 valence electrons. The van der Waals surface area contributed by atoms with Crippen molar-refractivity contribution in [1.29, 1.82) is 0 Å². The molecule has 6 N–H and O–H groups in total. The van der Waals surface area contributed by atoms with Gasteiger partial charge in [-0.05, 0) is 24.5 Å². The number of nitrogens with zero attached hydrogens (tertiary/aromatic N) is 2. The van der Waals surface area contributed by atoms with Gasteiger partial charge in [0.2, 0.25) is 0 Å². The Labute approximate surface area is 226 Å². The number of fused-ring (bicyclic) bond motifs is 1. The van der Waals surface area contributed by atoms with Crippen molar-refractivity contribution in [3.63, 3.8) is 0 Å². The average Bonchev–Trinajstić information content (AvgIpc) is 3.41. The van der Waals surface area contributed by atoms with E-state index in [2.05, 4.69) is 10.6 Å². The molecule has 2 aromatic rings. The standard InChI is InChI=1S/C26H37N5O8/c1-25(2,3)22(16-9-15(36-5)7-8-17(16)31(34)35)38-13-14-11-30(20-10-18(33)19(12-32)39-20)23-21(14)24(37-6)29-26(4,27)28-23/h7-9,11,20,22,24,28-29,32-33H,10,12-13,27H2,1-6H3/t20-,22-,24?,26?/m1/s1. The summed E-state index contributed by atoms with van der Waals surface area (Å²) >= 11 is 0. The number of nitro benzene ring substituents is 1. The lowest BCUT2D eigenvalue weighted by Gasteiger charge is -2.39. The van der Waals surface area contributed by atoms with Crippen molar-refractivity contribution in [2.75, 3.05) is 26.1 Å². The van der Waals surface area contributed by atoms with Crippen molar-refractivity contribution in [3.05, 3.63) is 62.7 Å². The predicted molar refractivity (Wildman–Crippen MR) is 142 cm³/mol. The molecule has 1 aromatic heterocycles. The van der Waals surface area contributed by atoms with E-state index in [4.69, 9.17) is 24.7 Å². The summed E-state index contributed by atoms with van der Waals surface area (Å²) in [5, 5.41) is 38.1. The summed E-state index contributed by atoms with van der Waals surface area (Å²) in [4.78, 5) is 11.5. The van der Waals surface area contributed by atoms with Gasteiger partial charge in [-0.15, -0.1) is 0 Å². The summed E-state index contributed by atoms with van der Waals surface area (Å²) in [6.07, 6.45) is 0.0187.